The highest BCUT2D eigenvalue weighted by Crippen LogP contribution is 2.35. The van der Waals surface area contributed by atoms with Gasteiger partial charge in [-0.1, -0.05) is 41.1 Å². The van der Waals surface area contributed by atoms with E-state index in [2.05, 4.69) is 21.2 Å². The number of aryl methyl sites for hydroxylation is 1. The van der Waals surface area contributed by atoms with Crippen molar-refractivity contribution in [1.29, 1.82) is 0 Å². The Hall–Kier alpha value is -2.38. The number of para-hydroxylation sites is 1. The van der Waals surface area contributed by atoms with Crippen LogP contribution >= 0.6 is 28.1 Å². The number of thiocarbonyl (C=S) groups is 1. The van der Waals surface area contributed by atoms with E-state index in [1.807, 2.05) is 31.2 Å². The molecule has 1 heterocycles. The van der Waals surface area contributed by atoms with E-state index >= 15 is 0 Å². The summed E-state index contributed by atoms with van der Waals surface area (Å²) < 4.78 is 11.4. The minimum Gasteiger partial charge on any atom is -0.493 e. The van der Waals surface area contributed by atoms with E-state index in [4.69, 9.17) is 21.7 Å². The molecule has 0 unspecified atom stereocenters. The number of benzene rings is 2. The van der Waals surface area contributed by atoms with Crippen molar-refractivity contribution in [3.8, 4) is 11.5 Å². The van der Waals surface area contributed by atoms with Crippen LogP contribution in [-0.4, -0.2) is 25.2 Å². The van der Waals surface area contributed by atoms with Crippen molar-refractivity contribution in [3.63, 3.8) is 0 Å². The van der Waals surface area contributed by atoms with Crippen molar-refractivity contribution in [2.24, 2.45) is 0 Å². The molecule has 2 aromatic carbocycles. The number of carbonyl (C=O) groups is 1. The van der Waals surface area contributed by atoms with Gasteiger partial charge in [0.1, 0.15) is 5.70 Å². The largest absolute Gasteiger partial charge is 0.493 e. The van der Waals surface area contributed by atoms with Gasteiger partial charge >= 0.3 is 0 Å². The van der Waals surface area contributed by atoms with Crippen LogP contribution in [0.1, 0.15) is 18.1 Å². The monoisotopic (exact) mass is 446 g/mol. The van der Waals surface area contributed by atoms with Crippen molar-refractivity contribution in [2.45, 2.75) is 13.3 Å². The van der Waals surface area contributed by atoms with Gasteiger partial charge in [0.05, 0.1) is 19.9 Å². The Morgan fingerprint density at radius 2 is 1.85 bits per heavy atom. The first-order valence-corrected chi connectivity index (χ1v) is 9.56. The molecule has 0 bridgehead atoms. The Bertz CT molecular complexity index is 943. The second-order valence-corrected chi connectivity index (χ2v) is 7.08. The number of nitrogens with zero attached hydrogens (tertiary/aromatic N) is 1. The molecule has 27 heavy (non-hydrogen) atoms. The van der Waals surface area contributed by atoms with Crippen LogP contribution in [0.5, 0.6) is 11.5 Å². The summed E-state index contributed by atoms with van der Waals surface area (Å²) in [5, 5.41) is 3.39. The maximum absolute atomic E-state index is 13.0. The fraction of sp³-hybridized carbons (Fsp3) is 0.200. The van der Waals surface area contributed by atoms with Crippen molar-refractivity contribution in [1.82, 2.24) is 5.32 Å². The fourth-order valence-corrected chi connectivity index (χ4v) is 3.65. The Morgan fingerprint density at radius 3 is 2.52 bits per heavy atom. The second kappa shape index (κ2) is 8.10. The van der Waals surface area contributed by atoms with Gasteiger partial charge < -0.3 is 14.8 Å². The summed E-state index contributed by atoms with van der Waals surface area (Å²) in [7, 11) is 3.15. The van der Waals surface area contributed by atoms with E-state index < -0.39 is 0 Å². The summed E-state index contributed by atoms with van der Waals surface area (Å²) in [6.45, 7) is 2.05. The van der Waals surface area contributed by atoms with E-state index in [0.29, 0.717) is 22.3 Å². The van der Waals surface area contributed by atoms with Crippen molar-refractivity contribution >= 4 is 50.9 Å². The lowest BCUT2D eigenvalue weighted by molar-refractivity contribution is -0.113. The number of anilines is 1. The van der Waals surface area contributed by atoms with E-state index in [1.54, 1.807) is 32.4 Å². The van der Waals surface area contributed by atoms with Gasteiger partial charge in [-0.25, -0.2) is 0 Å². The van der Waals surface area contributed by atoms with Crippen LogP contribution in [0.2, 0.25) is 0 Å². The third-order valence-corrected chi connectivity index (χ3v) is 5.27. The highest BCUT2D eigenvalue weighted by molar-refractivity contribution is 9.10. The third-order valence-electron chi connectivity index (χ3n) is 4.29. The minimum atomic E-state index is -0.192. The minimum absolute atomic E-state index is 0.192. The Morgan fingerprint density at radius 1 is 1.19 bits per heavy atom. The van der Waals surface area contributed by atoms with Crippen LogP contribution in [0, 0.1) is 0 Å². The molecule has 1 saturated heterocycles. The zero-order valence-corrected chi connectivity index (χ0v) is 17.6. The molecule has 0 saturated carbocycles. The molecule has 1 aliphatic rings. The molecule has 140 valence electrons. The van der Waals surface area contributed by atoms with Gasteiger partial charge in [0.15, 0.2) is 16.6 Å². The van der Waals surface area contributed by atoms with Crippen molar-refractivity contribution in [3.05, 3.63) is 57.7 Å². The molecule has 0 atom stereocenters. The van der Waals surface area contributed by atoms with Gasteiger partial charge in [0, 0.05) is 4.47 Å². The van der Waals surface area contributed by atoms with Gasteiger partial charge in [0.25, 0.3) is 5.91 Å². The predicted octanol–water partition coefficient (Wildman–Crippen LogP) is 4.29. The zero-order valence-electron chi connectivity index (χ0n) is 15.2. The van der Waals surface area contributed by atoms with Crippen LogP contribution in [0.15, 0.2) is 46.6 Å². The molecule has 0 aliphatic carbocycles. The van der Waals surface area contributed by atoms with Crippen LogP contribution < -0.4 is 19.7 Å². The third kappa shape index (κ3) is 3.70. The van der Waals surface area contributed by atoms with Crippen LogP contribution in [0.25, 0.3) is 6.08 Å². The molecule has 3 rings (SSSR count). The average molecular weight is 447 g/mol. The molecular formula is C20H19BrN2O3S. The van der Waals surface area contributed by atoms with E-state index in [1.165, 1.54) is 4.90 Å². The Labute approximate surface area is 172 Å². The van der Waals surface area contributed by atoms with Gasteiger partial charge in [-0.05, 0) is 54.0 Å². The molecule has 0 radical (unpaired) electrons. The lowest BCUT2D eigenvalue weighted by Gasteiger charge is -2.17. The number of halogens is 1. The fourth-order valence-electron chi connectivity index (χ4n) is 2.92. The first-order chi connectivity index (χ1) is 13.0. The molecule has 2 aromatic rings. The molecule has 1 aliphatic heterocycles. The summed E-state index contributed by atoms with van der Waals surface area (Å²) in [4.78, 5) is 14.6. The summed E-state index contributed by atoms with van der Waals surface area (Å²) in [6.07, 6.45) is 2.55. The molecule has 1 fully saturated rings. The number of hydrogen-bond donors (Lipinski definition) is 1. The molecular weight excluding hydrogens is 428 g/mol. The number of hydrogen-bond acceptors (Lipinski definition) is 4. The highest BCUT2D eigenvalue weighted by Gasteiger charge is 2.33. The molecule has 7 heteroatoms. The Kier molecular flexibility index (Phi) is 5.82. The summed E-state index contributed by atoms with van der Waals surface area (Å²) in [5.74, 6) is 0.989. The molecule has 0 spiro atoms. The van der Waals surface area contributed by atoms with Gasteiger partial charge in [0.2, 0.25) is 0 Å². The van der Waals surface area contributed by atoms with Crippen LogP contribution in [-0.2, 0) is 11.2 Å². The highest BCUT2D eigenvalue weighted by atomic mass is 79.9. The maximum Gasteiger partial charge on any atom is 0.281 e. The number of amides is 1. The van der Waals surface area contributed by atoms with Crippen LogP contribution in [0.4, 0.5) is 5.69 Å². The van der Waals surface area contributed by atoms with Crippen molar-refractivity contribution < 1.29 is 14.3 Å². The standard InChI is InChI=1S/C20H19BrN2O3S/c1-4-12-7-5-6-8-16(12)23-19(24)15(22-20(23)27)9-13-10-17(25-2)18(26-3)11-14(13)21/h5-11H,4H2,1-3H3,(H,22,27)/b15-9+. The topological polar surface area (TPSA) is 50.8 Å². The predicted molar refractivity (Wildman–Crippen MR) is 114 cm³/mol. The molecule has 1 N–H and O–H groups in total. The quantitative estimate of drug-likeness (QED) is 0.548. The van der Waals surface area contributed by atoms with Gasteiger partial charge in [-0.3, -0.25) is 9.69 Å². The molecule has 1 amide bonds. The number of ether oxygens (including phenoxy) is 2. The smallest absolute Gasteiger partial charge is 0.281 e. The van der Waals surface area contributed by atoms with Gasteiger partial charge in [-0.2, -0.15) is 0 Å². The van der Waals surface area contributed by atoms with E-state index in [-0.39, 0.29) is 5.91 Å². The average Bonchev–Trinajstić information content (AvgIpc) is 2.96. The number of rotatable bonds is 5. The zero-order chi connectivity index (χ0) is 19.6. The summed E-state index contributed by atoms with van der Waals surface area (Å²) >= 11 is 8.93. The van der Waals surface area contributed by atoms with E-state index in [0.717, 1.165) is 27.7 Å². The summed E-state index contributed by atoms with van der Waals surface area (Å²) in [6, 6.07) is 11.4. The van der Waals surface area contributed by atoms with Crippen molar-refractivity contribution in [2.75, 3.05) is 19.1 Å². The number of carbonyl (C=O) groups excluding carboxylic acids is 1. The van der Waals surface area contributed by atoms with Crippen LogP contribution in [0.3, 0.4) is 0 Å². The van der Waals surface area contributed by atoms with E-state index in [9.17, 15) is 4.79 Å². The lowest BCUT2D eigenvalue weighted by Crippen LogP contribution is -2.31. The first kappa shape index (κ1) is 19.4. The molecule has 0 aromatic heterocycles. The Balaban J connectivity index is 2.00. The lowest BCUT2D eigenvalue weighted by atomic mass is 10.1. The van der Waals surface area contributed by atoms with Gasteiger partial charge in [-0.15, -0.1) is 0 Å². The summed E-state index contributed by atoms with van der Waals surface area (Å²) in [5.41, 5.74) is 3.04. The SMILES string of the molecule is CCc1ccccc1N1C(=O)/C(=C\c2cc(OC)c(OC)cc2Br)NC1=S. The normalized spacial score (nSPS) is 15.3. The first-order valence-electron chi connectivity index (χ1n) is 8.36. The second-order valence-electron chi connectivity index (χ2n) is 5.84. The number of methoxy groups -OCH3 is 2. The number of nitrogens with one attached hydrogen (secondary N) is 1. The maximum atomic E-state index is 13.0. The molecule has 5 nitrogen and oxygen atoms in total.